The predicted molar refractivity (Wildman–Crippen MR) is 61.7 cm³/mol. The summed E-state index contributed by atoms with van der Waals surface area (Å²) in [5.41, 5.74) is -0.280. The van der Waals surface area contributed by atoms with E-state index in [1.165, 1.54) is 18.7 Å². The van der Waals surface area contributed by atoms with Crippen LogP contribution in [0.5, 0.6) is 0 Å². The van der Waals surface area contributed by atoms with Gasteiger partial charge in [-0.2, -0.15) is 13.2 Å². The van der Waals surface area contributed by atoms with Crippen LogP contribution in [0.25, 0.3) is 16.8 Å². The van der Waals surface area contributed by atoms with Crippen molar-refractivity contribution in [3.05, 3.63) is 47.8 Å². The molecule has 97 valence electrons. The molecule has 0 aliphatic heterocycles. The Labute approximate surface area is 110 Å². The first-order valence-electron chi connectivity index (χ1n) is 5.16. The fraction of sp³-hybridized carbons (Fsp3) is 0.0833. The van der Waals surface area contributed by atoms with Crippen LogP contribution >= 0.6 is 11.6 Å². The van der Waals surface area contributed by atoms with Gasteiger partial charge in [0.25, 0.3) is 0 Å². The average Bonchev–Trinajstić information content (AvgIpc) is 2.97. The van der Waals surface area contributed by atoms with Gasteiger partial charge in [0.05, 0.1) is 18.1 Å². The van der Waals surface area contributed by atoms with E-state index in [2.05, 4.69) is 11.2 Å². The largest absolute Gasteiger partial charge is 0.472 e. The van der Waals surface area contributed by atoms with Crippen LogP contribution in [-0.4, -0.2) is 9.38 Å². The number of furan rings is 1. The number of hydrogen-bond acceptors (Lipinski definition) is 2. The molecule has 0 saturated carbocycles. The maximum Gasteiger partial charge on any atom is 0.420 e. The molecule has 0 saturated heterocycles. The van der Waals surface area contributed by atoms with Gasteiger partial charge in [-0.25, -0.2) is 4.98 Å². The van der Waals surface area contributed by atoms with Crippen molar-refractivity contribution in [1.82, 2.24) is 9.38 Å². The smallest absolute Gasteiger partial charge is 0.420 e. The Bertz CT molecular complexity index is 731. The Balaban J connectivity index is 2.35. The predicted octanol–water partition coefficient (Wildman–Crippen LogP) is 4.07. The van der Waals surface area contributed by atoms with Crippen LogP contribution in [0.1, 0.15) is 5.56 Å². The Morgan fingerprint density at radius 2 is 2.11 bits per heavy atom. The molecule has 19 heavy (non-hydrogen) atoms. The summed E-state index contributed by atoms with van der Waals surface area (Å²) in [6.45, 7) is 0. The van der Waals surface area contributed by atoms with Gasteiger partial charge in [-0.3, -0.25) is 4.40 Å². The molecule has 0 atom stereocenters. The van der Waals surface area contributed by atoms with Gasteiger partial charge in [0.2, 0.25) is 0 Å². The lowest BCUT2D eigenvalue weighted by Gasteiger charge is -2.10. The molecule has 0 fully saturated rings. The first-order chi connectivity index (χ1) is 8.97. The van der Waals surface area contributed by atoms with Crippen molar-refractivity contribution < 1.29 is 17.6 Å². The third-order valence-electron chi connectivity index (χ3n) is 2.66. The van der Waals surface area contributed by atoms with Crippen molar-refractivity contribution in [3.8, 4) is 11.1 Å². The zero-order valence-electron chi connectivity index (χ0n) is 9.20. The Morgan fingerprint density at radius 1 is 1.32 bits per heavy atom. The fourth-order valence-corrected chi connectivity index (χ4v) is 1.97. The van der Waals surface area contributed by atoms with E-state index in [1.807, 2.05) is 0 Å². The normalized spacial score (nSPS) is 12.2. The number of alkyl halides is 3. The second-order valence-electron chi connectivity index (χ2n) is 3.86. The summed E-state index contributed by atoms with van der Waals surface area (Å²) in [5.74, 6) is 0. The molecule has 3 rings (SSSR count). The highest BCUT2D eigenvalue weighted by molar-refractivity contribution is 6.29. The fourth-order valence-electron chi connectivity index (χ4n) is 1.80. The second kappa shape index (κ2) is 4.03. The van der Waals surface area contributed by atoms with E-state index in [1.54, 1.807) is 6.07 Å². The number of nitrogens with zero attached hydrogens (tertiary/aromatic N) is 2. The minimum atomic E-state index is -4.52. The monoisotopic (exact) mass is 285 g/mol. The first kappa shape index (κ1) is 12.1. The molecule has 1 radical (unpaired) electrons. The van der Waals surface area contributed by atoms with E-state index in [0.717, 1.165) is 10.5 Å². The molecule has 3 nitrogen and oxygen atoms in total. The topological polar surface area (TPSA) is 30.4 Å². The van der Waals surface area contributed by atoms with Crippen molar-refractivity contribution in [2.24, 2.45) is 0 Å². The Hall–Kier alpha value is -1.95. The number of fused-ring (bicyclic) bond motifs is 1. The lowest BCUT2D eigenvalue weighted by atomic mass is 10.1. The molecule has 0 spiro atoms. The van der Waals surface area contributed by atoms with Crippen LogP contribution in [0.2, 0.25) is 5.15 Å². The van der Waals surface area contributed by atoms with Crippen molar-refractivity contribution in [2.45, 2.75) is 6.18 Å². The summed E-state index contributed by atoms with van der Waals surface area (Å²) in [6.07, 6.45) is 1.99. The van der Waals surface area contributed by atoms with Gasteiger partial charge in [-0.15, -0.1) is 0 Å². The summed E-state index contributed by atoms with van der Waals surface area (Å²) in [5, 5.41) is -0.00848. The maximum absolute atomic E-state index is 13.0. The van der Waals surface area contributed by atoms with E-state index in [0.29, 0.717) is 11.1 Å². The van der Waals surface area contributed by atoms with Crippen LogP contribution in [0.15, 0.2) is 35.3 Å². The van der Waals surface area contributed by atoms with Gasteiger partial charge < -0.3 is 4.42 Å². The standard InChI is InChI=1S/C12H5ClF3N2O/c13-10-4-17-11-9(12(14,15)16)3-8(5-18(10)11)7-1-2-19-6-7/h1-3,5-6H. The molecule has 0 aliphatic carbocycles. The van der Waals surface area contributed by atoms with E-state index in [4.69, 9.17) is 16.0 Å². The van der Waals surface area contributed by atoms with E-state index >= 15 is 0 Å². The molecular weight excluding hydrogens is 281 g/mol. The highest BCUT2D eigenvalue weighted by Gasteiger charge is 2.35. The second-order valence-corrected chi connectivity index (χ2v) is 4.22. The molecular formula is C12H5ClF3N2O. The zero-order chi connectivity index (χ0) is 13.6. The van der Waals surface area contributed by atoms with Crippen LogP contribution in [0.4, 0.5) is 13.2 Å². The van der Waals surface area contributed by atoms with Gasteiger partial charge >= 0.3 is 6.18 Å². The Kier molecular flexibility index (Phi) is 2.56. The van der Waals surface area contributed by atoms with Crippen LogP contribution in [-0.2, 0) is 6.18 Å². The van der Waals surface area contributed by atoms with Crippen molar-refractivity contribution in [2.75, 3.05) is 0 Å². The summed E-state index contributed by atoms with van der Waals surface area (Å²) < 4.78 is 45.1. The Morgan fingerprint density at radius 3 is 2.74 bits per heavy atom. The van der Waals surface area contributed by atoms with Crippen LogP contribution < -0.4 is 0 Å². The van der Waals surface area contributed by atoms with Crippen molar-refractivity contribution in [3.63, 3.8) is 0 Å². The number of aromatic nitrogens is 2. The van der Waals surface area contributed by atoms with E-state index < -0.39 is 11.7 Å². The molecule has 3 heterocycles. The highest BCUT2D eigenvalue weighted by atomic mass is 35.5. The lowest BCUT2D eigenvalue weighted by Crippen LogP contribution is -2.08. The average molecular weight is 286 g/mol. The third kappa shape index (κ3) is 1.98. The third-order valence-corrected chi connectivity index (χ3v) is 2.93. The molecule has 0 aromatic carbocycles. The SMILES string of the molecule is FC(F)(F)c1cc(-c2ccoc2)cn2c(Cl)[c]nc12. The van der Waals surface area contributed by atoms with Gasteiger partial charge in [-0.1, -0.05) is 11.6 Å². The van der Waals surface area contributed by atoms with Gasteiger partial charge in [-0.05, 0) is 12.1 Å². The van der Waals surface area contributed by atoms with Crippen molar-refractivity contribution >= 4 is 17.2 Å². The summed E-state index contributed by atoms with van der Waals surface area (Å²) in [4.78, 5) is 3.57. The molecule has 0 unspecified atom stereocenters. The van der Waals surface area contributed by atoms with E-state index in [-0.39, 0.29) is 10.8 Å². The molecule has 7 heteroatoms. The molecule has 0 bridgehead atoms. The summed E-state index contributed by atoms with van der Waals surface area (Å²) in [6, 6.07) is 2.58. The summed E-state index contributed by atoms with van der Waals surface area (Å²) >= 11 is 5.78. The summed E-state index contributed by atoms with van der Waals surface area (Å²) in [7, 11) is 0. The van der Waals surface area contributed by atoms with Crippen LogP contribution in [0.3, 0.4) is 0 Å². The lowest BCUT2D eigenvalue weighted by molar-refractivity contribution is -0.136. The van der Waals surface area contributed by atoms with Gasteiger partial charge in [0, 0.05) is 17.3 Å². The van der Waals surface area contributed by atoms with Crippen LogP contribution in [0, 0.1) is 6.20 Å². The first-order valence-corrected chi connectivity index (χ1v) is 5.53. The zero-order valence-corrected chi connectivity index (χ0v) is 9.96. The molecule has 0 amide bonds. The maximum atomic E-state index is 13.0. The highest BCUT2D eigenvalue weighted by Crippen LogP contribution is 2.35. The number of pyridine rings is 1. The molecule has 3 aromatic heterocycles. The van der Waals surface area contributed by atoms with Gasteiger partial charge in [0.1, 0.15) is 11.3 Å². The van der Waals surface area contributed by atoms with Gasteiger partial charge in [0.15, 0.2) is 5.65 Å². The van der Waals surface area contributed by atoms with Crippen molar-refractivity contribution in [1.29, 1.82) is 0 Å². The molecule has 3 aromatic rings. The van der Waals surface area contributed by atoms with E-state index in [9.17, 15) is 13.2 Å². The number of halogens is 4. The molecule has 0 aliphatic rings. The number of hydrogen-bond donors (Lipinski definition) is 0. The molecule has 0 N–H and O–H groups in total. The minimum absolute atomic E-state index is 0.00848. The quantitative estimate of drug-likeness (QED) is 0.675. The number of imidazole rings is 1. The number of rotatable bonds is 1. The minimum Gasteiger partial charge on any atom is -0.472 e.